The van der Waals surface area contributed by atoms with Crippen LogP contribution in [0.15, 0.2) is 23.1 Å². The maximum absolute atomic E-state index is 11.8. The first kappa shape index (κ1) is 15.4. The fourth-order valence-electron chi connectivity index (χ4n) is 2.80. The molecule has 1 fully saturated rings. The number of carbonyl (C=O) groups excluding carboxylic acids is 1. The van der Waals surface area contributed by atoms with Gasteiger partial charge in [-0.3, -0.25) is 14.1 Å². The quantitative estimate of drug-likeness (QED) is 0.776. The van der Waals surface area contributed by atoms with Crippen LogP contribution in [-0.4, -0.2) is 44.9 Å². The lowest BCUT2D eigenvalue weighted by atomic mass is 9.97. The van der Waals surface area contributed by atoms with E-state index in [1.54, 1.807) is 6.20 Å². The van der Waals surface area contributed by atoms with Crippen molar-refractivity contribution in [3.8, 4) is 0 Å². The molecule has 6 nitrogen and oxygen atoms in total. The van der Waals surface area contributed by atoms with E-state index in [-0.39, 0.29) is 11.9 Å². The monoisotopic (exact) mass is 366 g/mol. The van der Waals surface area contributed by atoms with E-state index >= 15 is 0 Å². The number of piperidine rings is 1. The summed E-state index contributed by atoms with van der Waals surface area (Å²) < 4.78 is 7.98. The van der Waals surface area contributed by atoms with Gasteiger partial charge in [0.1, 0.15) is 4.60 Å². The Balaban J connectivity index is 1.62. The minimum Gasteiger partial charge on any atom is -0.466 e. The van der Waals surface area contributed by atoms with Crippen molar-refractivity contribution in [1.82, 2.24) is 19.3 Å². The number of nitrogens with zero attached hydrogens (tertiary/aromatic N) is 4. The van der Waals surface area contributed by atoms with Gasteiger partial charge in [-0.25, -0.2) is 9.97 Å². The number of likely N-dealkylation sites (tertiary alicyclic amines) is 1. The van der Waals surface area contributed by atoms with Crippen molar-refractivity contribution in [3.63, 3.8) is 0 Å². The zero-order valence-electron chi connectivity index (χ0n) is 12.5. The predicted molar refractivity (Wildman–Crippen MR) is 85.3 cm³/mol. The fraction of sp³-hybridized carbons (Fsp3) is 0.533. The highest BCUT2D eigenvalue weighted by Gasteiger charge is 2.26. The first-order valence-corrected chi connectivity index (χ1v) is 8.34. The number of ether oxygens (including phenoxy) is 1. The summed E-state index contributed by atoms with van der Waals surface area (Å²) in [5, 5.41) is 0. The molecule has 0 radical (unpaired) electrons. The van der Waals surface area contributed by atoms with Crippen LogP contribution in [0, 0.1) is 5.92 Å². The molecule has 2 aromatic rings. The topological polar surface area (TPSA) is 59.7 Å². The molecule has 3 heterocycles. The maximum Gasteiger partial charge on any atom is 0.309 e. The van der Waals surface area contributed by atoms with E-state index < -0.39 is 0 Å². The first-order valence-electron chi connectivity index (χ1n) is 7.55. The highest BCUT2D eigenvalue weighted by atomic mass is 79.9. The summed E-state index contributed by atoms with van der Waals surface area (Å²) in [6, 6.07) is 1.88. The molecule has 0 aromatic carbocycles. The second-order valence-corrected chi connectivity index (χ2v) is 6.19. The van der Waals surface area contributed by atoms with E-state index in [1.165, 1.54) is 0 Å². The molecular formula is C15H19BrN4O2. The Hall–Kier alpha value is -1.47. The van der Waals surface area contributed by atoms with Crippen molar-refractivity contribution in [3.05, 3.63) is 28.8 Å². The van der Waals surface area contributed by atoms with Gasteiger partial charge >= 0.3 is 5.97 Å². The van der Waals surface area contributed by atoms with Crippen LogP contribution in [-0.2, 0) is 16.1 Å². The van der Waals surface area contributed by atoms with E-state index in [0.29, 0.717) is 12.4 Å². The highest BCUT2D eigenvalue weighted by molar-refractivity contribution is 9.10. The van der Waals surface area contributed by atoms with Crippen LogP contribution < -0.4 is 0 Å². The summed E-state index contributed by atoms with van der Waals surface area (Å²) in [4.78, 5) is 22.9. The average molecular weight is 367 g/mol. The number of halogens is 1. The largest absolute Gasteiger partial charge is 0.466 e. The van der Waals surface area contributed by atoms with Crippen LogP contribution in [0.25, 0.3) is 5.78 Å². The lowest BCUT2D eigenvalue weighted by molar-refractivity contribution is -0.149. The second kappa shape index (κ2) is 6.75. The summed E-state index contributed by atoms with van der Waals surface area (Å²) in [5.41, 5.74) is 0.980. The van der Waals surface area contributed by atoms with E-state index in [4.69, 9.17) is 4.74 Å². The van der Waals surface area contributed by atoms with Crippen LogP contribution >= 0.6 is 15.9 Å². The molecular weight excluding hydrogens is 348 g/mol. The van der Waals surface area contributed by atoms with Crippen molar-refractivity contribution in [2.75, 3.05) is 19.7 Å². The average Bonchev–Trinajstić information content (AvgIpc) is 2.85. The number of imidazole rings is 1. The molecule has 0 atom stereocenters. The Morgan fingerprint density at radius 2 is 2.23 bits per heavy atom. The van der Waals surface area contributed by atoms with E-state index in [2.05, 4.69) is 30.8 Å². The third-order valence-electron chi connectivity index (χ3n) is 3.99. The molecule has 22 heavy (non-hydrogen) atoms. The molecule has 0 unspecified atom stereocenters. The Labute approximate surface area is 137 Å². The fourth-order valence-corrected chi connectivity index (χ4v) is 3.30. The van der Waals surface area contributed by atoms with Gasteiger partial charge in [-0.1, -0.05) is 0 Å². The Kier molecular flexibility index (Phi) is 4.73. The van der Waals surface area contributed by atoms with Crippen LogP contribution in [0.5, 0.6) is 0 Å². The predicted octanol–water partition coefficient (Wildman–Crippen LogP) is 2.27. The molecule has 2 aromatic heterocycles. The molecule has 1 aliphatic rings. The SMILES string of the molecule is CCOC(=O)C1CCN(Cc2nc3ncccn3c2Br)CC1. The Morgan fingerprint density at radius 3 is 2.91 bits per heavy atom. The number of hydrogen-bond acceptors (Lipinski definition) is 5. The number of hydrogen-bond donors (Lipinski definition) is 0. The lowest BCUT2D eigenvalue weighted by Gasteiger charge is -2.30. The zero-order chi connectivity index (χ0) is 15.5. The molecule has 7 heteroatoms. The van der Waals surface area contributed by atoms with Crippen molar-refractivity contribution >= 4 is 27.7 Å². The smallest absolute Gasteiger partial charge is 0.309 e. The number of aromatic nitrogens is 3. The zero-order valence-corrected chi connectivity index (χ0v) is 14.1. The normalized spacial score (nSPS) is 17.0. The molecule has 118 valence electrons. The van der Waals surface area contributed by atoms with E-state index in [0.717, 1.165) is 42.8 Å². The lowest BCUT2D eigenvalue weighted by Crippen LogP contribution is -2.36. The van der Waals surface area contributed by atoms with Crippen molar-refractivity contribution < 1.29 is 9.53 Å². The van der Waals surface area contributed by atoms with Crippen molar-refractivity contribution in [2.45, 2.75) is 26.3 Å². The van der Waals surface area contributed by atoms with Crippen molar-refractivity contribution in [2.24, 2.45) is 5.92 Å². The van der Waals surface area contributed by atoms with Gasteiger partial charge in [0, 0.05) is 18.9 Å². The number of rotatable bonds is 4. The minimum atomic E-state index is -0.0553. The van der Waals surface area contributed by atoms with E-state index in [9.17, 15) is 4.79 Å². The van der Waals surface area contributed by atoms with Gasteiger partial charge in [0.15, 0.2) is 0 Å². The van der Waals surface area contributed by atoms with Gasteiger partial charge in [-0.05, 0) is 54.9 Å². The summed E-state index contributed by atoms with van der Waals surface area (Å²) in [6.07, 6.45) is 5.38. The van der Waals surface area contributed by atoms with Gasteiger partial charge in [-0.15, -0.1) is 0 Å². The summed E-state index contributed by atoms with van der Waals surface area (Å²) in [7, 11) is 0. The van der Waals surface area contributed by atoms with Gasteiger partial charge < -0.3 is 4.74 Å². The van der Waals surface area contributed by atoms with Gasteiger partial charge in [0.2, 0.25) is 5.78 Å². The molecule has 0 aliphatic carbocycles. The third kappa shape index (κ3) is 3.15. The molecule has 1 saturated heterocycles. The molecule has 0 N–H and O–H groups in total. The summed E-state index contributed by atoms with van der Waals surface area (Å²) in [5.74, 6) is 0.688. The van der Waals surface area contributed by atoms with E-state index in [1.807, 2.05) is 23.6 Å². The molecule has 0 spiro atoms. The number of esters is 1. The number of carbonyl (C=O) groups is 1. The van der Waals surface area contributed by atoms with Crippen molar-refractivity contribution in [1.29, 1.82) is 0 Å². The molecule has 0 saturated carbocycles. The van der Waals surface area contributed by atoms with Crippen LogP contribution in [0.4, 0.5) is 0 Å². The van der Waals surface area contributed by atoms with Crippen LogP contribution in [0.3, 0.4) is 0 Å². The second-order valence-electron chi connectivity index (χ2n) is 5.44. The number of fused-ring (bicyclic) bond motifs is 1. The summed E-state index contributed by atoms with van der Waals surface area (Å²) in [6.45, 7) is 4.84. The molecule has 3 rings (SSSR count). The standard InChI is InChI=1S/C15H19BrN4O2/c1-2-22-14(21)11-4-8-19(9-5-11)10-12-13(16)20-7-3-6-17-15(20)18-12/h3,6-7,11H,2,4-5,8-10H2,1H3. The molecule has 1 aliphatic heterocycles. The molecule has 0 bridgehead atoms. The Bertz CT molecular complexity index is 665. The van der Waals surface area contributed by atoms with Gasteiger partial charge in [-0.2, -0.15) is 0 Å². The summed E-state index contributed by atoms with van der Waals surface area (Å²) >= 11 is 3.59. The third-order valence-corrected chi connectivity index (χ3v) is 4.83. The maximum atomic E-state index is 11.8. The van der Waals surface area contributed by atoms with Crippen LogP contribution in [0.1, 0.15) is 25.5 Å². The van der Waals surface area contributed by atoms with Gasteiger partial charge in [0.25, 0.3) is 0 Å². The van der Waals surface area contributed by atoms with Crippen LogP contribution in [0.2, 0.25) is 0 Å². The Morgan fingerprint density at radius 1 is 1.45 bits per heavy atom. The molecule has 0 amide bonds. The highest BCUT2D eigenvalue weighted by Crippen LogP contribution is 2.23. The first-order chi connectivity index (χ1) is 10.7. The van der Waals surface area contributed by atoms with Gasteiger partial charge in [0.05, 0.1) is 18.2 Å². The minimum absolute atomic E-state index is 0.0439.